The average Bonchev–Trinajstić information content (AvgIpc) is 3.20. The van der Waals surface area contributed by atoms with Crippen molar-refractivity contribution < 1.29 is 18.9 Å². The van der Waals surface area contributed by atoms with E-state index in [1.54, 1.807) is 28.2 Å². The Morgan fingerprint density at radius 2 is 1.52 bits per heavy atom. The Bertz CT molecular complexity index is 609. The lowest BCUT2D eigenvalue weighted by Gasteiger charge is -2.22. The van der Waals surface area contributed by atoms with Crippen molar-refractivity contribution in [1.29, 1.82) is 0 Å². The number of nitrogens with zero attached hydrogens (tertiary/aromatic N) is 2. The van der Waals surface area contributed by atoms with E-state index in [0.717, 1.165) is 12.8 Å². The summed E-state index contributed by atoms with van der Waals surface area (Å²) in [5, 5.41) is 0. The van der Waals surface area contributed by atoms with Crippen molar-refractivity contribution in [2.24, 2.45) is 5.92 Å². The van der Waals surface area contributed by atoms with Crippen molar-refractivity contribution in [1.82, 2.24) is 9.80 Å². The molecule has 1 aliphatic heterocycles. The minimum absolute atomic E-state index is 0.233. The number of carbonyl (C=O) groups excluding carboxylic acids is 2. The van der Waals surface area contributed by atoms with Gasteiger partial charge in [0.05, 0.1) is 0 Å². The van der Waals surface area contributed by atoms with Crippen LogP contribution in [0.2, 0.25) is 5.82 Å². The molecule has 7 heteroatoms. The molecule has 0 radical (unpaired) electrons. The monoisotopic (exact) mass is 344 g/mol. The van der Waals surface area contributed by atoms with E-state index in [1.807, 2.05) is 18.2 Å². The number of benzene rings is 1. The summed E-state index contributed by atoms with van der Waals surface area (Å²) in [4.78, 5) is 27.7. The van der Waals surface area contributed by atoms with Crippen LogP contribution in [0.25, 0.3) is 0 Å². The van der Waals surface area contributed by atoms with E-state index in [0.29, 0.717) is 5.92 Å². The van der Waals surface area contributed by atoms with E-state index in [1.165, 1.54) is 15.4 Å². The van der Waals surface area contributed by atoms with Gasteiger partial charge in [0.1, 0.15) is 0 Å². The molecule has 25 heavy (non-hydrogen) atoms. The second kappa shape index (κ2) is 7.18. The van der Waals surface area contributed by atoms with Crippen molar-refractivity contribution in [2.45, 2.75) is 30.9 Å². The molecule has 1 aromatic rings. The molecule has 0 bridgehead atoms. The van der Waals surface area contributed by atoms with Gasteiger partial charge in [-0.1, -0.05) is 30.3 Å². The normalized spacial score (nSPS) is 27.9. The summed E-state index contributed by atoms with van der Waals surface area (Å²) in [7, 11) is 6.14. The van der Waals surface area contributed by atoms with Gasteiger partial charge in [0.15, 0.2) is 12.2 Å². The molecule has 6 nitrogen and oxygen atoms in total. The van der Waals surface area contributed by atoms with Crippen molar-refractivity contribution in [3.63, 3.8) is 0 Å². The van der Waals surface area contributed by atoms with E-state index in [-0.39, 0.29) is 17.6 Å². The summed E-state index contributed by atoms with van der Waals surface area (Å²) in [6.45, 7) is 0. The highest BCUT2D eigenvalue weighted by molar-refractivity contribution is 6.49. The minimum atomic E-state index is -0.868. The van der Waals surface area contributed by atoms with Crippen molar-refractivity contribution in [3.8, 4) is 0 Å². The molecule has 0 spiro atoms. The van der Waals surface area contributed by atoms with E-state index < -0.39 is 19.3 Å². The van der Waals surface area contributed by atoms with Gasteiger partial charge in [-0.3, -0.25) is 9.59 Å². The summed E-state index contributed by atoms with van der Waals surface area (Å²) < 4.78 is 11.8. The Kier molecular flexibility index (Phi) is 5.15. The first kappa shape index (κ1) is 18.0. The van der Waals surface area contributed by atoms with Crippen LogP contribution in [0.15, 0.2) is 30.3 Å². The summed E-state index contributed by atoms with van der Waals surface area (Å²) in [6, 6.07) is 10.3. The fourth-order valence-corrected chi connectivity index (χ4v) is 3.31. The Labute approximate surface area is 149 Å². The largest absolute Gasteiger partial charge is 0.461 e. The third-order valence-corrected chi connectivity index (χ3v) is 4.87. The van der Waals surface area contributed by atoms with E-state index >= 15 is 0 Å². The van der Waals surface area contributed by atoms with Crippen LogP contribution in [0.5, 0.6) is 0 Å². The van der Waals surface area contributed by atoms with Crippen LogP contribution in [0.1, 0.15) is 12.0 Å². The topological polar surface area (TPSA) is 59.1 Å². The summed E-state index contributed by atoms with van der Waals surface area (Å²) in [6.07, 6.45) is 0.222. The first-order chi connectivity index (χ1) is 11.9. The fourth-order valence-electron chi connectivity index (χ4n) is 3.31. The van der Waals surface area contributed by atoms with Crippen LogP contribution in [0.4, 0.5) is 0 Å². The molecule has 1 saturated heterocycles. The zero-order valence-electron chi connectivity index (χ0n) is 15.2. The number of hydrogen-bond acceptors (Lipinski definition) is 4. The van der Waals surface area contributed by atoms with Gasteiger partial charge in [-0.05, 0) is 30.1 Å². The van der Waals surface area contributed by atoms with Gasteiger partial charge in [0.25, 0.3) is 11.8 Å². The second-order valence-electron chi connectivity index (χ2n) is 7.30. The number of rotatable bonds is 5. The zero-order valence-corrected chi connectivity index (χ0v) is 15.2. The molecule has 4 atom stereocenters. The number of carbonyl (C=O) groups is 2. The van der Waals surface area contributed by atoms with Crippen LogP contribution in [0, 0.1) is 5.92 Å². The maximum atomic E-state index is 12.4. The number of hydrogen-bond donors (Lipinski definition) is 0. The van der Waals surface area contributed by atoms with Crippen LogP contribution in [-0.4, -0.2) is 69.1 Å². The Hall–Kier alpha value is -1.86. The highest BCUT2D eigenvalue weighted by Crippen LogP contribution is 2.51. The highest BCUT2D eigenvalue weighted by Gasteiger charge is 2.57. The lowest BCUT2D eigenvalue weighted by molar-refractivity contribution is -0.146. The fraction of sp³-hybridized carbons (Fsp3) is 0.556. The van der Waals surface area contributed by atoms with Gasteiger partial charge in [-0.15, -0.1) is 0 Å². The molecule has 1 aromatic carbocycles. The maximum Gasteiger partial charge on any atom is 0.461 e. The number of amides is 2. The molecule has 1 saturated carbocycles. The molecule has 3 rings (SSSR count). The third-order valence-electron chi connectivity index (χ3n) is 4.87. The van der Waals surface area contributed by atoms with E-state index in [4.69, 9.17) is 9.31 Å². The molecule has 134 valence electrons. The molecule has 0 N–H and O–H groups in total. The molecule has 1 aliphatic carbocycles. The van der Waals surface area contributed by atoms with E-state index in [9.17, 15) is 9.59 Å². The first-order valence-corrected chi connectivity index (χ1v) is 8.65. The van der Waals surface area contributed by atoms with Gasteiger partial charge in [0, 0.05) is 28.2 Å². The van der Waals surface area contributed by atoms with Gasteiger partial charge < -0.3 is 19.1 Å². The quantitative estimate of drug-likeness (QED) is 0.750. The van der Waals surface area contributed by atoms with E-state index in [2.05, 4.69) is 12.1 Å². The Morgan fingerprint density at radius 3 is 2.00 bits per heavy atom. The smallest absolute Gasteiger partial charge is 0.396 e. The molecule has 2 aliphatic rings. The van der Waals surface area contributed by atoms with Crippen LogP contribution in [0.3, 0.4) is 0 Å². The van der Waals surface area contributed by atoms with Crippen LogP contribution >= 0.6 is 0 Å². The van der Waals surface area contributed by atoms with Crippen LogP contribution in [-0.2, 0) is 25.3 Å². The van der Waals surface area contributed by atoms with Gasteiger partial charge in [0.2, 0.25) is 0 Å². The lowest BCUT2D eigenvalue weighted by Crippen LogP contribution is -2.47. The predicted octanol–water partition coefficient (Wildman–Crippen LogP) is 1.07. The second-order valence-corrected chi connectivity index (χ2v) is 7.30. The summed E-state index contributed by atoms with van der Waals surface area (Å²) >= 11 is 0. The lowest BCUT2D eigenvalue weighted by atomic mass is 9.80. The van der Waals surface area contributed by atoms with Gasteiger partial charge in [-0.2, -0.15) is 0 Å². The third kappa shape index (κ3) is 3.88. The molecule has 0 aromatic heterocycles. The molecular weight excluding hydrogens is 319 g/mol. The highest BCUT2D eigenvalue weighted by atomic mass is 16.7. The molecule has 2 amide bonds. The van der Waals surface area contributed by atoms with Gasteiger partial charge >= 0.3 is 7.12 Å². The van der Waals surface area contributed by atoms with Crippen LogP contribution < -0.4 is 0 Å². The van der Waals surface area contributed by atoms with Crippen molar-refractivity contribution in [2.75, 3.05) is 28.2 Å². The molecule has 0 unspecified atom stereocenters. The molecular formula is C18H25BN2O4. The average molecular weight is 344 g/mol. The number of likely N-dealkylation sites (N-methyl/N-ethyl adjacent to an activating group) is 2. The molecule has 2 fully saturated rings. The Balaban J connectivity index is 1.66. The van der Waals surface area contributed by atoms with Crippen molar-refractivity contribution in [3.05, 3.63) is 35.9 Å². The molecule has 1 heterocycles. The summed E-state index contributed by atoms with van der Waals surface area (Å²) in [5.41, 5.74) is 1.29. The minimum Gasteiger partial charge on any atom is -0.396 e. The summed E-state index contributed by atoms with van der Waals surface area (Å²) in [5.74, 6) is 0.235. The van der Waals surface area contributed by atoms with Gasteiger partial charge in [-0.25, -0.2) is 0 Å². The Morgan fingerprint density at radius 1 is 1.00 bits per heavy atom. The predicted molar refractivity (Wildman–Crippen MR) is 94.9 cm³/mol. The standard InChI is InChI=1S/C18H25BN2O4/c1-20(2)17(22)15-16(18(23)21(3)4)25-19(24-15)14-11-13(14)10-12-8-6-5-7-9-12/h5-9,13-16H,10-11H2,1-4H3/t13-,14-,15-,16-/m1/s1. The first-order valence-electron chi connectivity index (χ1n) is 8.65. The van der Waals surface area contributed by atoms with Crippen molar-refractivity contribution >= 4 is 18.9 Å². The SMILES string of the molecule is CN(C)C(=O)[C@@H]1OB([C@@H]2C[C@H]2Cc2ccccc2)O[C@H]1C(=O)N(C)C. The maximum absolute atomic E-state index is 12.4. The zero-order chi connectivity index (χ0) is 18.1.